The summed E-state index contributed by atoms with van der Waals surface area (Å²) in [4.78, 5) is 48.7. The monoisotopic (exact) mass is 803 g/mol. The van der Waals surface area contributed by atoms with Crippen LogP contribution in [0.25, 0.3) is 0 Å². The summed E-state index contributed by atoms with van der Waals surface area (Å²) in [6.45, 7) is 6.45. The van der Waals surface area contributed by atoms with Crippen molar-refractivity contribution in [1.82, 2.24) is 0 Å². The largest absolute Gasteiger partial charge is 0.452 e. The summed E-state index contributed by atoms with van der Waals surface area (Å²) in [5.74, 6) is -1.46. The van der Waals surface area contributed by atoms with E-state index >= 15 is 0 Å². The van der Waals surface area contributed by atoms with Gasteiger partial charge < -0.3 is 20.7 Å². The predicted molar refractivity (Wildman–Crippen MR) is 157 cm³/mol. The highest BCUT2D eigenvalue weighted by Crippen LogP contribution is 2.39. The first-order chi connectivity index (χ1) is 16.0. The molecule has 34 heavy (non-hydrogen) atoms. The number of hydrogen-bond donors (Lipinski definition) is 3. The summed E-state index contributed by atoms with van der Waals surface area (Å²) >= 11 is 5.88. The minimum atomic E-state index is -0.745. The van der Waals surface area contributed by atoms with Crippen LogP contribution in [0.3, 0.4) is 0 Å². The number of esters is 1. The number of nitrogens with one attached hydrogen (secondary N) is 3. The van der Waals surface area contributed by atoms with E-state index in [1.807, 2.05) is 92.0 Å². The fraction of sp³-hybridized carbons (Fsp3) is 0.304. The molecule has 182 valence electrons. The standard InChI is InChI=1S/C23H24I3N3O5/c1-5-11(2)14-6-8-15(9-7-14)29-16(32)10-34-23(33)17-18(24)21(27-12(3)30)20(26)22(19(17)25)28-13(4)31/h6-9,11H,5,10H2,1-4H3,(H,27,30)(H,28,31)(H,29,32)/t11-/m0/s1. The molecule has 0 spiro atoms. The molecule has 2 aromatic carbocycles. The molecule has 8 nitrogen and oxygen atoms in total. The molecule has 0 bridgehead atoms. The Bertz CT molecular complexity index is 1080. The molecule has 1 atom stereocenters. The van der Waals surface area contributed by atoms with Crippen molar-refractivity contribution in [2.45, 2.75) is 40.0 Å². The van der Waals surface area contributed by atoms with Gasteiger partial charge in [0, 0.05) is 19.5 Å². The highest BCUT2D eigenvalue weighted by molar-refractivity contribution is 14.1. The van der Waals surface area contributed by atoms with E-state index in [0.717, 1.165) is 6.42 Å². The fourth-order valence-electron chi connectivity index (χ4n) is 2.95. The van der Waals surface area contributed by atoms with Gasteiger partial charge in [0.05, 0.1) is 27.6 Å². The van der Waals surface area contributed by atoms with Crippen molar-refractivity contribution in [3.8, 4) is 0 Å². The smallest absolute Gasteiger partial charge is 0.340 e. The third-order valence-corrected chi connectivity index (χ3v) is 8.07. The van der Waals surface area contributed by atoms with E-state index in [1.54, 1.807) is 0 Å². The predicted octanol–water partition coefficient (Wildman–Crippen LogP) is 5.73. The van der Waals surface area contributed by atoms with Gasteiger partial charge in [-0.05, 0) is 97.8 Å². The van der Waals surface area contributed by atoms with Crippen LogP contribution in [0.15, 0.2) is 24.3 Å². The van der Waals surface area contributed by atoms with Gasteiger partial charge >= 0.3 is 5.97 Å². The maximum atomic E-state index is 12.9. The fourth-order valence-corrected chi connectivity index (χ4v) is 7.09. The van der Waals surface area contributed by atoms with Crippen molar-refractivity contribution >= 4 is 109 Å². The van der Waals surface area contributed by atoms with Gasteiger partial charge in [0.1, 0.15) is 0 Å². The highest BCUT2D eigenvalue weighted by atomic mass is 127. The van der Waals surface area contributed by atoms with Gasteiger partial charge in [0.15, 0.2) is 6.61 Å². The van der Waals surface area contributed by atoms with Crippen molar-refractivity contribution in [3.63, 3.8) is 0 Å². The Morgan fingerprint density at radius 1 is 0.853 bits per heavy atom. The Hall–Kier alpha value is -1.49. The number of anilines is 3. The zero-order valence-corrected chi connectivity index (χ0v) is 25.4. The number of amides is 3. The van der Waals surface area contributed by atoms with E-state index in [1.165, 1.54) is 19.4 Å². The molecule has 0 aliphatic carbocycles. The van der Waals surface area contributed by atoms with Crippen molar-refractivity contribution < 1.29 is 23.9 Å². The van der Waals surface area contributed by atoms with Crippen molar-refractivity contribution in [2.75, 3.05) is 22.6 Å². The van der Waals surface area contributed by atoms with Crippen LogP contribution >= 0.6 is 67.8 Å². The molecule has 0 unspecified atom stereocenters. The minimum Gasteiger partial charge on any atom is -0.452 e. The Morgan fingerprint density at radius 3 is 1.79 bits per heavy atom. The van der Waals surface area contributed by atoms with Crippen LogP contribution in [0.2, 0.25) is 0 Å². The highest BCUT2D eigenvalue weighted by Gasteiger charge is 2.27. The van der Waals surface area contributed by atoms with Crippen molar-refractivity contribution in [2.24, 2.45) is 0 Å². The Balaban J connectivity index is 2.22. The maximum Gasteiger partial charge on any atom is 0.340 e. The lowest BCUT2D eigenvalue weighted by atomic mass is 9.99. The zero-order chi connectivity index (χ0) is 25.6. The molecule has 3 N–H and O–H groups in total. The second-order valence-electron chi connectivity index (χ2n) is 7.48. The van der Waals surface area contributed by atoms with E-state index in [9.17, 15) is 19.2 Å². The quantitative estimate of drug-likeness (QED) is 0.234. The van der Waals surface area contributed by atoms with Gasteiger partial charge in [-0.1, -0.05) is 26.0 Å². The van der Waals surface area contributed by atoms with Gasteiger partial charge in [0.2, 0.25) is 11.8 Å². The molecule has 0 aromatic heterocycles. The van der Waals surface area contributed by atoms with Crippen LogP contribution in [-0.4, -0.2) is 30.3 Å². The van der Waals surface area contributed by atoms with E-state index in [2.05, 4.69) is 29.8 Å². The molecular formula is C23H24I3N3O5. The molecule has 0 heterocycles. The third kappa shape index (κ3) is 7.50. The average Bonchev–Trinajstić information content (AvgIpc) is 2.78. The van der Waals surface area contributed by atoms with Gasteiger partial charge in [-0.2, -0.15) is 0 Å². The van der Waals surface area contributed by atoms with Gasteiger partial charge in [-0.15, -0.1) is 0 Å². The maximum absolute atomic E-state index is 12.9. The topological polar surface area (TPSA) is 114 Å². The zero-order valence-electron chi connectivity index (χ0n) is 19.0. The molecule has 11 heteroatoms. The SMILES string of the molecule is CC[C@H](C)c1ccc(NC(=O)COC(=O)c2c(I)c(NC(C)=O)c(I)c(NC(C)=O)c2I)cc1. The molecule has 0 radical (unpaired) electrons. The van der Waals surface area contributed by atoms with Crippen LogP contribution in [0.1, 0.15) is 56.0 Å². The molecule has 0 aliphatic rings. The Kier molecular flexibility index (Phi) is 11.0. The lowest BCUT2D eigenvalue weighted by molar-refractivity contribution is -0.119. The van der Waals surface area contributed by atoms with Crippen LogP contribution in [0, 0.1) is 10.7 Å². The number of halogens is 3. The van der Waals surface area contributed by atoms with Crippen LogP contribution < -0.4 is 16.0 Å². The van der Waals surface area contributed by atoms with Crippen molar-refractivity contribution in [3.05, 3.63) is 46.1 Å². The lowest BCUT2D eigenvalue weighted by Gasteiger charge is -2.19. The number of carbonyl (C=O) groups is 4. The number of hydrogen-bond acceptors (Lipinski definition) is 5. The lowest BCUT2D eigenvalue weighted by Crippen LogP contribution is -2.23. The summed E-state index contributed by atoms with van der Waals surface area (Å²) in [6.07, 6.45) is 1.02. The van der Waals surface area contributed by atoms with Gasteiger partial charge in [0.25, 0.3) is 5.91 Å². The number of carbonyl (C=O) groups excluding carboxylic acids is 4. The Morgan fingerprint density at radius 2 is 1.35 bits per heavy atom. The Labute approximate surface area is 239 Å². The van der Waals surface area contributed by atoms with Crippen LogP contribution in [0.4, 0.5) is 17.1 Å². The summed E-state index contributed by atoms with van der Waals surface area (Å²) in [5.41, 5.74) is 2.71. The van der Waals surface area contributed by atoms with Gasteiger partial charge in [-0.25, -0.2) is 4.79 Å². The normalized spacial score (nSPS) is 11.4. The summed E-state index contributed by atoms with van der Waals surface area (Å²) in [6, 6.07) is 7.54. The van der Waals surface area contributed by atoms with E-state index in [-0.39, 0.29) is 17.4 Å². The summed E-state index contributed by atoms with van der Waals surface area (Å²) in [7, 11) is 0. The third-order valence-electron chi connectivity index (χ3n) is 4.83. The van der Waals surface area contributed by atoms with E-state index < -0.39 is 18.5 Å². The molecular weight excluding hydrogens is 779 g/mol. The molecule has 0 aliphatic heterocycles. The van der Waals surface area contributed by atoms with Crippen LogP contribution in [0.5, 0.6) is 0 Å². The number of ether oxygens (including phenoxy) is 1. The summed E-state index contributed by atoms with van der Waals surface area (Å²) < 4.78 is 6.74. The van der Waals surface area contributed by atoms with Crippen LogP contribution in [-0.2, 0) is 19.1 Å². The molecule has 2 aromatic rings. The first-order valence-corrected chi connectivity index (χ1v) is 13.5. The van der Waals surface area contributed by atoms with Crippen molar-refractivity contribution in [1.29, 1.82) is 0 Å². The first-order valence-electron chi connectivity index (χ1n) is 10.3. The first kappa shape index (κ1) is 28.7. The molecule has 0 saturated carbocycles. The summed E-state index contributed by atoms with van der Waals surface area (Å²) in [5, 5.41) is 8.10. The van der Waals surface area contributed by atoms with Gasteiger partial charge in [-0.3, -0.25) is 14.4 Å². The number of benzene rings is 2. The van der Waals surface area contributed by atoms with E-state index in [0.29, 0.717) is 33.7 Å². The van der Waals surface area contributed by atoms with E-state index in [4.69, 9.17) is 4.74 Å². The second-order valence-corrected chi connectivity index (χ2v) is 10.7. The molecule has 2 rings (SSSR count). The molecule has 3 amide bonds. The second kappa shape index (κ2) is 13.0. The minimum absolute atomic E-state index is 0.153. The molecule has 0 fully saturated rings. The molecule has 0 saturated heterocycles. The average molecular weight is 803 g/mol. The number of rotatable bonds is 8.